The van der Waals surface area contributed by atoms with Gasteiger partial charge in [-0.25, -0.2) is 0 Å². The second kappa shape index (κ2) is 9.71. The molecule has 0 unspecified atom stereocenters. The number of carbonyl (C=O) groups is 2. The molecule has 0 aliphatic carbocycles. The molecule has 146 valence electrons. The van der Waals surface area contributed by atoms with E-state index in [0.29, 0.717) is 17.0 Å². The van der Waals surface area contributed by atoms with E-state index in [2.05, 4.69) is 26.6 Å². The molecule has 0 aromatic heterocycles. The lowest BCUT2D eigenvalue weighted by atomic mass is 10.1. The molecule has 5 nitrogen and oxygen atoms in total. The number of halogens is 1. The van der Waals surface area contributed by atoms with E-state index in [-0.39, 0.29) is 11.6 Å². The second-order valence-corrected chi connectivity index (χ2v) is 7.00. The molecule has 0 fully saturated rings. The molecule has 6 heteroatoms. The molecule has 0 atom stereocenters. The van der Waals surface area contributed by atoms with E-state index in [1.165, 1.54) is 7.11 Å². The normalized spacial score (nSPS) is 10.9. The fourth-order valence-corrected chi connectivity index (χ4v) is 3.06. The van der Waals surface area contributed by atoms with Crippen molar-refractivity contribution < 1.29 is 14.3 Å². The molecule has 0 saturated carbocycles. The summed E-state index contributed by atoms with van der Waals surface area (Å²) in [4.78, 5) is 25.6. The zero-order valence-corrected chi connectivity index (χ0v) is 17.3. The van der Waals surface area contributed by atoms with E-state index in [1.807, 2.05) is 36.4 Å². The van der Waals surface area contributed by atoms with Gasteiger partial charge in [0.1, 0.15) is 11.4 Å². The Balaban J connectivity index is 1.91. The molecule has 3 aromatic carbocycles. The molecule has 0 aliphatic heterocycles. The van der Waals surface area contributed by atoms with Gasteiger partial charge in [0.2, 0.25) is 0 Å². The van der Waals surface area contributed by atoms with Crippen molar-refractivity contribution in [2.45, 2.75) is 0 Å². The van der Waals surface area contributed by atoms with E-state index in [0.717, 1.165) is 10.0 Å². The lowest BCUT2D eigenvalue weighted by Gasteiger charge is -2.13. The zero-order chi connectivity index (χ0) is 20.6. The maximum atomic E-state index is 13.0. The Morgan fingerprint density at radius 3 is 2.38 bits per heavy atom. The van der Waals surface area contributed by atoms with Gasteiger partial charge in [-0.3, -0.25) is 9.59 Å². The molecule has 0 saturated heterocycles. The molecular formula is C23H19BrN2O3. The lowest BCUT2D eigenvalue weighted by molar-refractivity contribution is -0.113. The molecule has 29 heavy (non-hydrogen) atoms. The highest BCUT2D eigenvalue weighted by Crippen LogP contribution is 2.24. The van der Waals surface area contributed by atoms with E-state index >= 15 is 0 Å². The molecule has 0 radical (unpaired) electrons. The van der Waals surface area contributed by atoms with Crippen molar-refractivity contribution in [1.29, 1.82) is 0 Å². The maximum Gasteiger partial charge on any atom is 0.272 e. The van der Waals surface area contributed by atoms with Crippen LogP contribution in [0.3, 0.4) is 0 Å². The number of hydrogen-bond acceptors (Lipinski definition) is 3. The van der Waals surface area contributed by atoms with Crippen molar-refractivity contribution in [1.82, 2.24) is 5.32 Å². The molecule has 3 aromatic rings. The van der Waals surface area contributed by atoms with Gasteiger partial charge in [-0.15, -0.1) is 0 Å². The third-order valence-corrected chi connectivity index (χ3v) is 4.54. The highest BCUT2D eigenvalue weighted by atomic mass is 79.9. The van der Waals surface area contributed by atoms with Gasteiger partial charge < -0.3 is 15.4 Å². The predicted molar refractivity (Wildman–Crippen MR) is 118 cm³/mol. The molecule has 3 rings (SSSR count). The summed E-state index contributed by atoms with van der Waals surface area (Å²) < 4.78 is 6.15. The van der Waals surface area contributed by atoms with Gasteiger partial charge in [0.15, 0.2) is 0 Å². The SMILES string of the molecule is COc1ccccc1NC(=O)/C(=C/c1cccc(Br)c1)NC(=O)c1ccccc1. The molecule has 0 spiro atoms. The Bertz CT molecular complexity index is 1050. The van der Waals surface area contributed by atoms with Crippen LogP contribution in [-0.2, 0) is 4.79 Å². The molecule has 0 bridgehead atoms. The molecule has 0 heterocycles. The zero-order valence-electron chi connectivity index (χ0n) is 15.7. The van der Waals surface area contributed by atoms with Gasteiger partial charge >= 0.3 is 0 Å². The average Bonchev–Trinajstić information content (AvgIpc) is 2.74. The lowest BCUT2D eigenvalue weighted by Crippen LogP contribution is -2.30. The first-order chi connectivity index (χ1) is 14.1. The van der Waals surface area contributed by atoms with Gasteiger partial charge in [-0.2, -0.15) is 0 Å². The summed E-state index contributed by atoms with van der Waals surface area (Å²) >= 11 is 3.42. The highest BCUT2D eigenvalue weighted by Gasteiger charge is 2.16. The summed E-state index contributed by atoms with van der Waals surface area (Å²) in [5, 5.41) is 5.51. The minimum atomic E-state index is -0.459. The van der Waals surface area contributed by atoms with E-state index in [1.54, 1.807) is 48.5 Å². The van der Waals surface area contributed by atoms with Crippen molar-refractivity contribution in [3.63, 3.8) is 0 Å². The first-order valence-electron chi connectivity index (χ1n) is 8.85. The number of ether oxygens (including phenoxy) is 1. The number of nitrogens with one attached hydrogen (secondary N) is 2. The monoisotopic (exact) mass is 450 g/mol. The van der Waals surface area contributed by atoms with E-state index in [4.69, 9.17) is 4.74 Å². The third-order valence-electron chi connectivity index (χ3n) is 4.04. The van der Waals surface area contributed by atoms with Crippen LogP contribution in [0.5, 0.6) is 5.75 Å². The van der Waals surface area contributed by atoms with Crippen LogP contribution < -0.4 is 15.4 Å². The van der Waals surface area contributed by atoms with Crippen molar-refractivity contribution in [3.8, 4) is 5.75 Å². The molecule has 0 aliphatic rings. The van der Waals surface area contributed by atoms with E-state index in [9.17, 15) is 9.59 Å². The average molecular weight is 451 g/mol. The van der Waals surface area contributed by atoms with Crippen LogP contribution in [0.2, 0.25) is 0 Å². The Labute approximate surface area is 177 Å². The van der Waals surface area contributed by atoms with Crippen LogP contribution >= 0.6 is 15.9 Å². The Hall–Kier alpha value is -3.38. The number of benzene rings is 3. The van der Waals surface area contributed by atoms with Gasteiger partial charge in [0.25, 0.3) is 11.8 Å². The van der Waals surface area contributed by atoms with Crippen molar-refractivity contribution in [2.75, 3.05) is 12.4 Å². The summed E-state index contributed by atoms with van der Waals surface area (Å²) in [6.07, 6.45) is 1.62. The largest absolute Gasteiger partial charge is 0.495 e. The smallest absolute Gasteiger partial charge is 0.272 e. The summed E-state index contributed by atoms with van der Waals surface area (Å²) in [5.41, 5.74) is 1.84. The molecule has 2 amide bonds. The van der Waals surface area contributed by atoms with Gasteiger partial charge in [-0.05, 0) is 48.0 Å². The topological polar surface area (TPSA) is 67.4 Å². The minimum absolute atomic E-state index is 0.114. The predicted octanol–water partition coefficient (Wildman–Crippen LogP) is 4.87. The first-order valence-corrected chi connectivity index (χ1v) is 9.64. The summed E-state index contributed by atoms with van der Waals surface area (Å²) in [6, 6.07) is 23.2. The number of carbonyl (C=O) groups excluding carboxylic acids is 2. The first kappa shape index (κ1) is 20.4. The van der Waals surface area contributed by atoms with Gasteiger partial charge in [0.05, 0.1) is 12.8 Å². The molecular weight excluding hydrogens is 432 g/mol. The van der Waals surface area contributed by atoms with Crippen molar-refractivity contribution in [2.24, 2.45) is 0 Å². The van der Waals surface area contributed by atoms with Gasteiger partial charge in [-0.1, -0.05) is 58.4 Å². The minimum Gasteiger partial charge on any atom is -0.495 e. The van der Waals surface area contributed by atoms with Crippen molar-refractivity contribution in [3.05, 3.63) is 100 Å². The number of anilines is 1. The summed E-state index contributed by atoms with van der Waals surface area (Å²) in [7, 11) is 1.53. The number of hydrogen-bond donors (Lipinski definition) is 2. The standard InChI is InChI=1S/C23H19BrN2O3/c1-29-21-13-6-5-12-19(21)25-23(28)20(15-16-8-7-11-18(24)14-16)26-22(27)17-9-3-2-4-10-17/h2-15H,1H3,(H,25,28)(H,26,27)/b20-15-. The van der Waals surface area contributed by atoms with Crippen LogP contribution in [0.1, 0.15) is 15.9 Å². The Morgan fingerprint density at radius 1 is 0.931 bits per heavy atom. The fourth-order valence-electron chi connectivity index (χ4n) is 2.64. The molecule has 2 N–H and O–H groups in total. The number of amides is 2. The van der Waals surface area contributed by atoms with Crippen LogP contribution in [0, 0.1) is 0 Å². The quantitative estimate of drug-likeness (QED) is 0.526. The summed E-state index contributed by atoms with van der Waals surface area (Å²) in [5.74, 6) is -0.308. The number of methoxy groups -OCH3 is 1. The summed E-state index contributed by atoms with van der Waals surface area (Å²) in [6.45, 7) is 0. The van der Waals surface area contributed by atoms with E-state index < -0.39 is 5.91 Å². The van der Waals surface area contributed by atoms with Crippen LogP contribution in [0.25, 0.3) is 6.08 Å². The van der Waals surface area contributed by atoms with Gasteiger partial charge in [0, 0.05) is 10.0 Å². The van der Waals surface area contributed by atoms with Crippen LogP contribution in [0.15, 0.2) is 89.0 Å². The second-order valence-electron chi connectivity index (χ2n) is 6.09. The highest BCUT2D eigenvalue weighted by molar-refractivity contribution is 9.10. The maximum absolute atomic E-state index is 13.0. The Kier molecular flexibility index (Phi) is 6.81. The number of para-hydroxylation sites is 2. The fraction of sp³-hybridized carbons (Fsp3) is 0.0435. The third kappa shape index (κ3) is 5.56. The van der Waals surface area contributed by atoms with Crippen LogP contribution in [-0.4, -0.2) is 18.9 Å². The van der Waals surface area contributed by atoms with Crippen LogP contribution in [0.4, 0.5) is 5.69 Å². The number of rotatable bonds is 6. The Morgan fingerprint density at radius 2 is 1.66 bits per heavy atom. The van der Waals surface area contributed by atoms with Crippen molar-refractivity contribution >= 4 is 39.5 Å².